The normalized spacial score (nSPS) is 17.2. The predicted octanol–water partition coefficient (Wildman–Crippen LogP) is 7.75. The predicted molar refractivity (Wildman–Crippen MR) is 152 cm³/mol. The number of amides is 2. The van der Waals surface area contributed by atoms with E-state index in [9.17, 15) is 14.7 Å². The Morgan fingerprint density at radius 1 is 0.947 bits per heavy atom. The number of ether oxygens (including phenoxy) is 1. The average molecular weight is 531 g/mol. The van der Waals surface area contributed by atoms with Crippen molar-refractivity contribution in [1.82, 2.24) is 0 Å². The van der Waals surface area contributed by atoms with E-state index in [2.05, 4.69) is 31.4 Å². The number of anilines is 2. The van der Waals surface area contributed by atoms with Gasteiger partial charge in [-0.25, -0.2) is 9.59 Å². The SMILES string of the molecule is Cc1ccc(NC(=O)Nc2cccc(C3(Oc4ccccc4C(C)(C)C)C=CC(Cl)=C(C(=O)O)C3)c2)cc1. The van der Waals surface area contributed by atoms with E-state index in [-0.39, 0.29) is 22.4 Å². The fraction of sp³-hybridized carbons (Fsp3) is 0.226. The van der Waals surface area contributed by atoms with Gasteiger partial charge < -0.3 is 20.5 Å². The van der Waals surface area contributed by atoms with E-state index >= 15 is 0 Å². The van der Waals surface area contributed by atoms with Crippen LogP contribution in [0.1, 0.15) is 43.9 Å². The zero-order chi connectivity index (χ0) is 27.5. The minimum atomic E-state index is -1.17. The standard InChI is InChI=1S/C31H31ClN2O4/c1-20-12-14-22(15-13-20)33-29(37)34-23-9-7-8-21(18-23)31(17-16-26(32)24(19-31)28(35)36)38-27-11-6-5-10-25(27)30(2,3)4/h5-18H,19H2,1-4H3,(H,35,36)(H2,33,34,37). The smallest absolute Gasteiger partial charge is 0.333 e. The molecule has 6 nitrogen and oxygen atoms in total. The molecule has 1 unspecified atom stereocenters. The first kappa shape index (κ1) is 27.0. The fourth-order valence-corrected chi connectivity index (χ4v) is 4.59. The molecular weight excluding hydrogens is 500 g/mol. The molecule has 3 N–H and O–H groups in total. The van der Waals surface area contributed by atoms with Gasteiger partial charge in [-0.3, -0.25) is 0 Å². The second kappa shape index (κ2) is 10.8. The number of para-hydroxylation sites is 1. The van der Waals surface area contributed by atoms with Gasteiger partial charge in [-0.1, -0.05) is 80.4 Å². The van der Waals surface area contributed by atoms with E-state index in [0.717, 1.165) is 11.1 Å². The minimum Gasteiger partial charge on any atom is -0.478 e. The maximum atomic E-state index is 12.7. The van der Waals surface area contributed by atoms with Crippen molar-refractivity contribution in [3.8, 4) is 5.75 Å². The number of aryl methyl sites for hydroxylation is 1. The third-order valence-corrected chi connectivity index (χ3v) is 6.74. The average Bonchev–Trinajstić information content (AvgIpc) is 2.86. The molecule has 4 rings (SSSR count). The number of allylic oxidation sites excluding steroid dienone is 2. The fourth-order valence-electron chi connectivity index (χ4n) is 4.38. The van der Waals surface area contributed by atoms with Crippen molar-refractivity contribution in [1.29, 1.82) is 0 Å². The molecule has 3 aromatic rings. The molecule has 0 aromatic heterocycles. The van der Waals surface area contributed by atoms with E-state index in [1.165, 1.54) is 0 Å². The van der Waals surface area contributed by atoms with Crippen LogP contribution >= 0.6 is 11.6 Å². The van der Waals surface area contributed by atoms with Crippen LogP contribution in [0, 0.1) is 6.92 Å². The molecule has 0 spiro atoms. The number of hydrogen-bond acceptors (Lipinski definition) is 3. The van der Waals surface area contributed by atoms with E-state index in [1.807, 2.05) is 61.5 Å². The van der Waals surface area contributed by atoms with Gasteiger partial charge in [0.15, 0.2) is 5.60 Å². The molecule has 3 aromatic carbocycles. The molecule has 0 fully saturated rings. The molecule has 0 saturated heterocycles. The third kappa shape index (κ3) is 6.09. The molecule has 38 heavy (non-hydrogen) atoms. The summed E-state index contributed by atoms with van der Waals surface area (Å²) < 4.78 is 6.71. The van der Waals surface area contributed by atoms with Gasteiger partial charge in [-0.05, 0) is 60.4 Å². The summed E-state index contributed by atoms with van der Waals surface area (Å²) in [7, 11) is 0. The lowest BCUT2D eigenvalue weighted by atomic mass is 9.82. The second-order valence-corrected chi connectivity index (χ2v) is 10.8. The van der Waals surface area contributed by atoms with Gasteiger partial charge in [0.1, 0.15) is 5.75 Å². The Labute approximate surface area is 228 Å². The number of carboxylic acids is 1. The molecule has 7 heteroatoms. The van der Waals surface area contributed by atoms with Gasteiger partial charge in [-0.2, -0.15) is 0 Å². The molecule has 0 aliphatic heterocycles. The summed E-state index contributed by atoms with van der Waals surface area (Å²) in [6, 6.07) is 22.0. The largest absolute Gasteiger partial charge is 0.478 e. The topological polar surface area (TPSA) is 87.7 Å². The lowest BCUT2D eigenvalue weighted by Crippen LogP contribution is -2.35. The lowest BCUT2D eigenvalue weighted by Gasteiger charge is -2.37. The number of carbonyl (C=O) groups is 2. The Bertz CT molecular complexity index is 1420. The van der Waals surface area contributed by atoms with Crippen molar-refractivity contribution in [2.24, 2.45) is 0 Å². The molecule has 1 atom stereocenters. The molecule has 2 amide bonds. The zero-order valence-corrected chi connectivity index (χ0v) is 22.6. The summed E-state index contributed by atoms with van der Waals surface area (Å²) in [5, 5.41) is 15.7. The van der Waals surface area contributed by atoms with Crippen LogP contribution < -0.4 is 15.4 Å². The summed E-state index contributed by atoms with van der Waals surface area (Å²) >= 11 is 6.28. The lowest BCUT2D eigenvalue weighted by molar-refractivity contribution is -0.133. The quantitative estimate of drug-likeness (QED) is 0.304. The number of rotatable bonds is 6. The third-order valence-electron chi connectivity index (χ3n) is 6.39. The summed E-state index contributed by atoms with van der Waals surface area (Å²) in [6.07, 6.45) is 3.36. The number of halogens is 1. The Hall–Kier alpha value is -4.03. The number of aliphatic carboxylic acids is 1. The molecule has 1 aliphatic rings. The maximum absolute atomic E-state index is 12.7. The van der Waals surface area contributed by atoms with Crippen LogP contribution in [0.3, 0.4) is 0 Å². The van der Waals surface area contributed by atoms with Crippen LogP contribution in [0.5, 0.6) is 5.75 Å². The molecule has 0 bridgehead atoms. The Kier molecular flexibility index (Phi) is 7.65. The van der Waals surface area contributed by atoms with Crippen LogP contribution in [0.15, 0.2) is 95.6 Å². The molecule has 196 valence electrons. The number of carboxylic acid groups (broad SMARTS) is 1. The van der Waals surface area contributed by atoms with Crippen LogP contribution in [0.2, 0.25) is 0 Å². The van der Waals surface area contributed by atoms with Crippen LogP contribution in [-0.2, 0) is 15.8 Å². The van der Waals surface area contributed by atoms with Gasteiger partial charge in [0.2, 0.25) is 0 Å². The highest BCUT2D eigenvalue weighted by atomic mass is 35.5. The van der Waals surface area contributed by atoms with Gasteiger partial charge in [-0.15, -0.1) is 0 Å². The Morgan fingerprint density at radius 2 is 1.63 bits per heavy atom. The van der Waals surface area contributed by atoms with Crippen molar-refractivity contribution >= 4 is 35.0 Å². The number of nitrogens with one attached hydrogen (secondary N) is 2. The molecule has 0 heterocycles. The molecule has 1 aliphatic carbocycles. The Balaban J connectivity index is 1.70. The van der Waals surface area contributed by atoms with E-state index in [4.69, 9.17) is 16.3 Å². The maximum Gasteiger partial charge on any atom is 0.333 e. The van der Waals surface area contributed by atoms with Crippen LogP contribution in [-0.4, -0.2) is 17.1 Å². The van der Waals surface area contributed by atoms with Crippen molar-refractivity contribution in [2.45, 2.75) is 45.1 Å². The van der Waals surface area contributed by atoms with E-state index in [0.29, 0.717) is 22.7 Å². The zero-order valence-electron chi connectivity index (χ0n) is 21.8. The summed E-state index contributed by atoms with van der Waals surface area (Å²) in [4.78, 5) is 24.8. The van der Waals surface area contributed by atoms with Gasteiger partial charge in [0, 0.05) is 23.4 Å². The molecular formula is C31H31ClN2O4. The van der Waals surface area contributed by atoms with E-state index in [1.54, 1.807) is 30.4 Å². The summed E-state index contributed by atoms with van der Waals surface area (Å²) in [5.74, 6) is -0.467. The summed E-state index contributed by atoms with van der Waals surface area (Å²) in [6.45, 7) is 8.25. The number of hydrogen-bond donors (Lipinski definition) is 3. The molecule has 0 radical (unpaired) electrons. The van der Waals surface area contributed by atoms with Crippen molar-refractivity contribution in [3.05, 3.63) is 112 Å². The van der Waals surface area contributed by atoms with Crippen molar-refractivity contribution < 1.29 is 19.4 Å². The highest BCUT2D eigenvalue weighted by Crippen LogP contribution is 2.43. The van der Waals surface area contributed by atoms with Crippen LogP contribution in [0.25, 0.3) is 0 Å². The number of benzene rings is 3. The first-order valence-corrected chi connectivity index (χ1v) is 12.7. The van der Waals surface area contributed by atoms with Gasteiger partial charge in [0.25, 0.3) is 0 Å². The number of carbonyl (C=O) groups excluding carboxylic acids is 1. The monoisotopic (exact) mass is 530 g/mol. The number of urea groups is 1. The Morgan fingerprint density at radius 3 is 2.32 bits per heavy atom. The van der Waals surface area contributed by atoms with E-state index < -0.39 is 17.6 Å². The van der Waals surface area contributed by atoms with Crippen molar-refractivity contribution in [3.63, 3.8) is 0 Å². The van der Waals surface area contributed by atoms with Crippen LogP contribution in [0.4, 0.5) is 16.2 Å². The summed E-state index contributed by atoms with van der Waals surface area (Å²) in [5.41, 5.74) is 2.63. The first-order valence-electron chi connectivity index (χ1n) is 12.3. The molecule has 0 saturated carbocycles. The second-order valence-electron chi connectivity index (χ2n) is 10.4. The first-order chi connectivity index (χ1) is 18.0. The highest BCUT2D eigenvalue weighted by molar-refractivity contribution is 6.33. The van der Waals surface area contributed by atoms with Gasteiger partial charge in [0.05, 0.1) is 10.6 Å². The van der Waals surface area contributed by atoms with Crippen molar-refractivity contribution in [2.75, 3.05) is 10.6 Å². The van der Waals surface area contributed by atoms with Gasteiger partial charge >= 0.3 is 12.0 Å². The minimum absolute atomic E-state index is 0.00909. The highest BCUT2D eigenvalue weighted by Gasteiger charge is 2.39.